The van der Waals surface area contributed by atoms with E-state index in [0.717, 1.165) is 59.5 Å². The summed E-state index contributed by atoms with van der Waals surface area (Å²) >= 11 is 0. The lowest BCUT2D eigenvalue weighted by Crippen LogP contribution is -2.44. The fraction of sp³-hybridized carbons (Fsp3) is 0.455. The molecule has 0 aliphatic carbocycles. The van der Waals surface area contributed by atoms with Gasteiger partial charge in [0.15, 0.2) is 0 Å². The molecule has 0 radical (unpaired) electrons. The van der Waals surface area contributed by atoms with Crippen LogP contribution in [-0.2, 0) is 36.0 Å². The van der Waals surface area contributed by atoms with Crippen LogP contribution in [0.5, 0.6) is 5.75 Å². The number of carbonyl (C=O) groups excluding carboxylic acids is 1. The zero-order valence-electron chi connectivity index (χ0n) is 24.2. The number of ether oxygens (including phenoxy) is 1. The van der Waals surface area contributed by atoms with Crippen molar-refractivity contribution in [3.63, 3.8) is 0 Å². The van der Waals surface area contributed by atoms with Crippen LogP contribution >= 0.6 is 0 Å². The van der Waals surface area contributed by atoms with Gasteiger partial charge in [-0.15, -0.1) is 0 Å². The van der Waals surface area contributed by atoms with E-state index in [9.17, 15) is 14.7 Å². The predicted molar refractivity (Wildman–Crippen MR) is 160 cm³/mol. The Morgan fingerprint density at radius 2 is 2.00 bits per heavy atom. The summed E-state index contributed by atoms with van der Waals surface area (Å²) in [4.78, 5) is 30.9. The largest absolute Gasteiger partial charge is 0.493 e. The summed E-state index contributed by atoms with van der Waals surface area (Å²) in [5, 5.41) is 10.6. The first-order valence-corrected chi connectivity index (χ1v) is 14.8. The number of carbonyl (C=O) groups is 2. The molecule has 1 fully saturated rings. The second-order valence-corrected chi connectivity index (χ2v) is 11.4. The number of aryl methyl sites for hydroxylation is 2. The number of rotatable bonds is 12. The number of benzene rings is 2. The third-order valence-electron chi connectivity index (χ3n) is 8.76. The van der Waals surface area contributed by atoms with E-state index in [1.807, 2.05) is 60.6 Å². The van der Waals surface area contributed by atoms with Gasteiger partial charge in [-0.1, -0.05) is 37.6 Å². The Morgan fingerprint density at radius 3 is 2.73 bits per heavy atom. The number of fused-ring (bicyclic) bond motifs is 1. The lowest BCUT2D eigenvalue weighted by atomic mass is 9.83. The number of likely N-dealkylation sites (tertiary alicyclic amines) is 1. The van der Waals surface area contributed by atoms with Gasteiger partial charge in [-0.2, -0.15) is 0 Å². The lowest BCUT2D eigenvalue weighted by molar-refractivity contribution is -0.143. The molecule has 1 aromatic heterocycles. The molecule has 218 valence electrons. The molecule has 5 rings (SSSR count). The van der Waals surface area contributed by atoms with Crippen molar-refractivity contribution >= 4 is 17.6 Å². The van der Waals surface area contributed by atoms with Crippen molar-refractivity contribution in [3.05, 3.63) is 83.2 Å². The highest BCUT2D eigenvalue weighted by Crippen LogP contribution is 2.41. The van der Waals surface area contributed by atoms with Crippen molar-refractivity contribution in [1.29, 1.82) is 0 Å². The first kappa shape index (κ1) is 28.9. The van der Waals surface area contributed by atoms with E-state index in [2.05, 4.69) is 28.5 Å². The second kappa shape index (κ2) is 12.9. The van der Waals surface area contributed by atoms with Gasteiger partial charge in [0, 0.05) is 62.6 Å². The summed E-state index contributed by atoms with van der Waals surface area (Å²) in [6, 6.07) is 17.8. The summed E-state index contributed by atoms with van der Waals surface area (Å²) in [5.74, 6) is -0.764. The Balaban J connectivity index is 1.44. The van der Waals surface area contributed by atoms with Crippen LogP contribution in [0.4, 0.5) is 5.69 Å². The number of hydrogen-bond donors (Lipinski definition) is 2. The topological polar surface area (TPSA) is 101 Å². The minimum Gasteiger partial charge on any atom is -0.493 e. The van der Waals surface area contributed by atoms with Gasteiger partial charge >= 0.3 is 5.97 Å². The molecule has 41 heavy (non-hydrogen) atoms. The summed E-state index contributed by atoms with van der Waals surface area (Å²) in [7, 11) is 2.01. The van der Waals surface area contributed by atoms with Crippen LogP contribution in [0.2, 0.25) is 0 Å². The molecule has 3 unspecified atom stereocenters. The van der Waals surface area contributed by atoms with E-state index in [1.54, 1.807) is 0 Å². The van der Waals surface area contributed by atoms with Crippen molar-refractivity contribution in [3.8, 4) is 5.75 Å². The van der Waals surface area contributed by atoms with Crippen LogP contribution < -0.4 is 15.4 Å². The maximum absolute atomic E-state index is 14.0. The van der Waals surface area contributed by atoms with E-state index < -0.39 is 11.9 Å². The quantitative estimate of drug-likeness (QED) is 0.343. The molecule has 1 saturated heterocycles. The van der Waals surface area contributed by atoms with Crippen LogP contribution in [0.1, 0.15) is 54.5 Å². The highest BCUT2D eigenvalue weighted by Gasteiger charge is 2.47. The van der Waals surface area contributed by atoms with Crippen molar-refractivity contribution in [2.24, 2.45) is 18.7 Å². The van der Waals surface area contributed by atoms with Crippen molar-refractivity contribution in [2.45, 2.75) is 57.5 Å². The third-order valence-corrected chi connectivity index (χ3v) is 8.76. The molecule has 8 nitrogen and oxygen atoms in total. The Hall–Kier alpha value is -3.62. The van der Waals surface area contributed by atoms with Crippen molar-refractivity contribution in [1.82, 2.24) is 9.47 Å². The fourth-order valence-electron chi connectivity index (χ4n) is 6.50. The summed E-state index contributed by atoms with van der Waals surface area (Å²) in [6.07, 6.45) is 6.09. The average Bonchev–Trinajstić information content (AvgIpc) is 3.70. The number of hydrogen-bond acceptors (Lipinski definition) is 5. The number of unbranched alkanes of at least 4 members (excludes halogenated alkanes) is 1. The number of anilines is 1. The van der Waals surface area contributed by atoms with Crippen LogP contribution in [-0.4, -0.2) is 58.7 Å². The van der Waals surface area contributed by atoms with Gasteiger partial charge in [0.1, 0.15) is 5.75 Å². The smallest absolute Gasteiger partial charge is 0.308 e. The van der Waals surface area contributed by atoms with E-state index in [1.165, 1.54) is 0 Å². The van der Waals surface area contributed by atoms with Gasteiger partial charge in [-0.05, 0) is 66.3 Å². The van der Waals surface area contributed by atoms with Gasteiger partial charge in [0.05, 0.1) is 19.1 Å². The van der Waals surface area contributed by atoms with Crippen LogP contribution in [0.3, 0.4) is 0 Å². The zero-order valence-corrected chi connectivity index (χ0v) is 24.2. The fourth-order valence-corrected chi connectivity index (χ4v) is 6.50. The van der Waals surface area contributed by atoms with Gasteiger partial charge in [0.2, 0.25) is 5.91 Å². The molecule has 0 saturated carbocycles. The van der Waals surface area contributed by atoms with E-state index in [4.69, 9.17) is 10.5 Å². The number of aromatic nitrogens is 1. The molecule has 3 N–H and O–H groups in total. The highest BCUT2D eigenvalue weighted by molar-refractivity contribution is 5.95. The number of nitrogens with two attached hydrogens (primary N) is 1. The standard InChI is InChI=1S/C33H42N4O4/c1-3-4-16-37(27-8-5-7-23(18-27)20-34)31(38)22-36-21-28(24-10-13-30-25(19-24)14-17-41-30)32(33(39)40)29(36)12-11-26-9-6-15-35(26)2/h5-10,13,15,18-19,28-29,32H,3-4,11-12,14,16-17,20-22,34H2,1-2H3,(H,39,40). The number of carboxylic acid groups (broad SMARTS) is 1. The molecule has 0 spiro atoms. The third kappa shape index (κ3) is 6.34. The molecule has 8 heteroatoms. The number of aliphatic carboxylic acids is 1. The summed E-state index contributed by atoms with van der Waals surface area (Å²) < 4.78 is 7.78. The Kier molecular flexibility index (Phi) is 9.10. The normalized spacial score (nSPS) is 20.1. The first-order valence-electron chi connectivity index (χ1n) is 14.8. The maximum Gasteiger partial charge on any atom is 0.308 e. The molecular weight excluding hydrogens is 516 g/mol. The van der Waals surface area contributed by atoms with Gasteiger partial charge in [-0.3, -0.25) is 14.5 Å². The molecule has 2 aromatic carbocycles. The Morgan fingerprint density at radius 1 is 1.15 bits per heavy atom. The minimum atomic E-state index is -0.808. The molecule has 3 heterocycles. The maximum atomic E-state index is 14.0. The molecule has 2 aliphatic rings. The molecule has 3 atom stereocenters. The predicted octanol–water partition coefficient (Wildman–Crippen LogP) is 4.35. The SMILES string of the molecule is CCCCN(C(=O)CN1CC(c2ccc3c(c2)CCO3)C(C(=O)O)C1CCc1cccn1C)c1cccc(CN)c1. The zero-order chi connectivity index (χ0) is 28.9. The summed E-state index contributed by atoms with van der Waals surface area (Å²) in [5.41, 5.74) is 11.0. The Labute approximate surface area is 242 Å². The van der Waals surface area contributed by atoms with Gasteiger partial charge in [-0.25, -0.2) is 0 Å². The Bertz CT molecular complexity index is 1370. The number of amides is 1. The second-order valence-electron chi connectivity index (χ2n) is 11.4. The number of nitrogens with zero attached hydrogens (tertiary/aromatic N) is 3. The molecule has 0 bridgehead atoms. The summed E-state index contributed by atoms with van der Waals surface area (Å²) in [6.45, 7) is 4.48. The van der Waals surface area contributed by atoms with Gasteiger partial charge in [0.25, 0.3) is 0 Å². The number of carboxylic acids is 1. The molecular formula is C33H42N4O4. The monoisotopic (exact) mass is 558 g/mol. The van der Waals surface area contributed by atoms with Crippen LogP contribution in [0, 0.1) is 5.92 Å². The van der Waals surface area contributed by atoms with E-state index in [0.29, 0.717) is 32.7 Å². The molecule has 2 aliphatic heterocycles. The van der Waals surface area contributed by atoms with Crippen molar-refractivity contribution in [2.75, 3.05) is 31.1 Å². The molecule has 3 aromatic rings. The van der Waals surface area contributed by atoms with Crippen molar-refractivity contribution < 1.29 is 19.4 Å². The lowest BCUT2D eigenvalue weighted by Gasteiger charge is -2.30. The average molecular weight is 559 g/mol. The molecule has 1 amide bonds. The van der Waals surface area contributed by atoms with E-state index in [-0.39, 0.29) is 24.4 Å². The van der Waals surface area contributed by atoms with Crippen LogP contribution in [0.25, 0.3) is 0 Å². The first-order chi connectivity index (χ1) is 19.9. The van der Waals surface area contributed by atoms with Crippen LogP contribution in [0.15, 0.2) is 60.8 Å². The minimum absolute atomic E-state index is 0.0105. The highest BCUT2D eigenvalue weighted by atomic mass is 16.5. The van der Waals surface area contributed by atoms with Gasteiger partial charge < -0.3 is 25.0 Å². The van der Waals surface area contributed by atoms with E-state index >= 15 is 0 Å².